The summed E-state index contributed by atoms with van der Waals surface area (Å²) in [7, 11) is 0. The molecule has 27 heavy (non-hydrogen) atoms. The number of aromatic nitrogens is 1. The highest BCUT2D eigenvalue weighted by Crippen LogP contribution is 2.38. The topological polar surface area (TPSA) is 112 Å². The van der Waals surface area contributed by atoms with Gasteiger partial charge in [-0.1, -0.05) is 11.3 Å². The third kappa shape index (κ3) is 4.29. The normalized spacial score (nSPS) is 10.1. The number of benzene rings is 1. The summed E-state index contributed by atoms with van der Waals surface area (Å²) in [6, 6.07) is 12.9. The quantitative estimate of drug-likeness (QED) is 0.691. The number of pyridine rings is 1. The van der Waals surface area contributed by atoms with Gasteiger partial charge in [-0.25, -0.2) is 4.79 Å². The van der Waals surface area contributed by atoms with Crippen LogP contribution in [-0.4, -0.2) is 22.0 Å². The average molecular weight is 379 g/mol. The van der Waals surface area contributed by atoms with Gasteiger partial charge in [0.1, 0.15) is 10.6 Å². The van der Waals surface area contributed by atoms with Crippen LogP contribution in [0.3, 0.4) is 0 Å². The van der Waals surface area contributed by atoms with Gasteiger partial charge in [0.05, 0.1) is 23.5 Å². The Labute approximate surface area is 158 Å². The molecule has 7 nitrogen and oxygen atoms in total. The van der Waals surface area contributed by atoms with E-state index in [4.69, 9.17) is 10.00 Å². The summed E-state index contributed by atoms with van der Waals surface area (Å²) in [4.78, 5) is 27.9. The highest BCUT2D eigenvalue weighted by Gasteiger charge is 2.18. The van der Waals surface area contributed by atoms with Crippen LogP contribution in [-0.2, 0) is 0 Å². The summed E-state index contributed by atoms with van der Waals surface area (Å²) in [6.45, 7) is 1.83. The van der Waals surface area contributed by atoms with Gasteiger partial charge in [0, 0.05) is 11.3 Å². The van der Waals surface area contributed by atoms with E-state index in [2.05, 4.69) is 10.3 Å². The number of amides is 1. The van der Waals surface area contributed by atoms with Crippen LogP contribution in [0.5, 0.6) is 10.8 Å². The number of thiophene rings is 1. The van der Waals surface area contributed by atoms with E-state index < -0.39 is 11.9 Å². The number of carboxylic acid groups (broad SMARTS) is 1. The summed E-state index contributed by atoms with van der Waals surface area (Å²) in [5.74, 6) is -1.14. The predicted molar refractivity (Wildman–Crippen MR) is 99.4 cm³/mol. The van der Waals surface area contributed by atoms with E-state index in [1.54, 1.807) is 12.1 Å². The maximum atomic E-state index is 12.4. The van der Waals surface area contributed by atoms with Crippen molar-refractivity contribution in [3.8, 4) is 16.9 Å². The Kier molecular flexibility index (Phi) is 5.15. The molecule has 3 rings (SSSR count). The Balaban J connectivity index is 1.86. The first-order chi connectivity index (χ1) is 13.0. The molecule has 0 aliphatic carbocycles. The van der Waals surface area contributed by atoms with Gasteiger partial charge in [0.2, 0.25) is 5.06 Å². The number of hydrogen-bond acceptors (Lipinski definition) is 6. The molecule has 0 bridgehead atoms. The Morgan fingerprint density at radius 2 is 1.96 bits per heavy atom. The second-order valence-corrected chi connectivity index (χ2v) is 6.51. The summed E-state index contributed by atoms with van der Waals surface area (Å²) in [6.07, 6.45) is 1.52. The van der Waals surface area contributed by atoms with E-state index in [9.17, 15) is 14.7 Å². The van der Waals surface area contributed by atoms with Crippen molar-refractivity contribution >= 4 is 28.9 Å². The lowest BCUT2D eigenvalue weighted by atomic mass is 10.1. The molecule has 0 saturated heterocycles. The first-order valence-corrected chi connectivity index (χ1v) is 8.57. The fourth-order valence-electron chi connectivity index (χ4n) is 2.15. The zero-order chi connectivity index (χ0) is 19.4. The van der Waals surface area contributed by atoms with E-state index in [0.717, 1.165) is 17.0 Å². The Morgan fingerprint density at radius 3 is 2.56 bits per heavy atom. The van der Waals surface area contributed by atoms with Crippen LogP contribution >= 0.6 is 11.3 Å². The van der Waals surface area contributed by atoms with Gasteiger partial charge in [-0.3, -0.25) is 9.78 Å². The molecule has 0 radical (unpaired) electrons. The maximum absolute atomic E-state index is 12.4. The van der Waals surface area contributed by atoms with Gasteiger partial charge in [0.25, 0.3) is 5.91 Å². The fourth-order valence-corrected chi connectivity index (χ4v) is 2.98. The minimum absolute atomic E-state index is 0.0280. The van der Waals surface area contributed by atoms with Gasteiger partial charge in [-0.05, 0) is 49.4 Å². The molecule has 0 atom stereocenters. The molecule has 8 heteroatoms. The third-order valence-electron chi connectivity index (χ3n) is 3.53. The lowest BCUT2D eigenvalue weighted by Crippen LogP contribution is -2.11. The second-order valence-electron chi connectivity index (χ2n) is 5.50. The molecule has 0 spiro atoms. The Morgan fingerprint density at radius 1 is 1.22 bits per heavy atom. The van der Waals surface area contributed by atoms with Crippen molar-refractivity contribution in [2.45, 2.75) is 6.92 Å². The van der Waals surface area contributed by atoms with E-state index >= 15 is 0 Å². The average Bonchev–Trinajstić information content (AvgIpc) is 3.06. The number of carbonyl (C=O) groups excluding carboxylic acids is 1. The molecule has 3 aromatic rings. The molecule has 1 aromatic carbocycles. The first-order valence-electron chi connectivity index (χ1n) is 7.75. The zero-order valence-electron chi connectivity index (χ0n) is 14.1. The standard InChI is InChI=1S/C19H13N3O4S/c1-11-2-7-14(10-21-11)26-19-15(8-16(27-19)18(24)25)22-17(23)13-5-3-12(9-20)4-6-13/h2-8,10H,1H3,(H,22,23)(H,24,25). The van der Waals surface area contributed by atoms with E-state index in [1.165, 1.54) is 36.5 Å². The number of carboxylic acids is 1. The molecule has 2 heterocycles. The van der Waals surface area contributed by atoms with Crippen molar-refractivity contribution in [3.05, 3.63) is 70.4 Å². The lowest BCUT2D eigenvalue weighted by molar-refractivity contribution is 0.0701. The van der Waals surface area contributed by atoms with Gasteiger partial charge >= 0.3 is 5.97 Å². The lowest BCUT2D eigenvalue weighted by Gasteiger charge is -2.08. The first kappa shape index (κ1) is 18.1. The SMILES string of the molecule is Cc1ccc(Oc2sc(C(=O)O)cc2NC(=O)c2ccc(C#N)cc2)cn1. The summed E-state index contributed by atoms with van der Waals surface area (Å²) < 4.78 is 5.70. The van der Waals surface area contributed by atoms with Gasteiger partial charge in [0.15, 0.2) is 0 Å². The van der Waals surface area contributed by atoms with E-state index in [1.807, 2.05) is 13.0 Å². The second kappa shape index (κ2) is 7.68. The summed E-state index contributed by atoms with van der Waals surface area (Å²) in [5, 5.41) is 20.9. The number of nitrogens with zero attached hydrogens (tertiary/aromatic N) is 2. The van der Waals surface area contributed by atoms with Gasteiger partial charge < -0.3 is 15.2 Å². The molecule has 0 aliphatic rings. The summed E-state index contributed by atoms with van der Waals surface area (Å²) in [5.41, 5.74) is 1.83. The molecule has 0 unspecified atom stereocenters. The van der Waals surface area contributed by atoms with Crippen molar-refractivity contribution in [3.63, 3.8) is 0 Å². The van der Waals surface area contributed by atoms with Crippen LogP contribution < -0.4 is 10.1 Å². The molecular formula is C19H13N3O4S. The van der Waals surface area contributed by atoms with Crippen LogP contribution in [0, 0.1) is 18.3 Å². The number of nitrogens with one attached hydrogen (secondary N) is 1. The molecule has 2 aromatic heterocycles. The predicted octanol–water partition coefficient (Wildman–Crippen LogP) is 4.07. The highest BCUT2D eigenvalue weighted by molar-refractivity contribution is 7.16. The molecule has 0 aliphatic heterocycles. The van der Waals surface area contributed by atoms with Gasteiger partial charge in [-0.2, -0.15) is 5.26 Å². The number of nitriles is 1. The molecule has 2 N–H and O–H groups in total. The Bertz CT molecular complexity index is 1030. The van der Waals surface area contributed by atoms with E-state index in [-0.39, 0.29) is 15.6 Å². The Hall–Kier alpha value is -3.70. The number of aryl methyl sites for hydroxylation is 1. The highest BCUT2D eigenvalue weighted by atomic mass is 32.1. The minimum atomic E-state index is -1.12. The van der Waals surface area contributed by atoms with Gasteiger partial charge in [-0.15, -0.1) is 0 Å². The van der Waals surface area contributed by atoms with Crippen LogP contribution in [0.1, 0.15) is 31.3 Å². The number of carbonyl (C=O) groups is 2. The van der Waals surface area contributed by atoms with Crippen molar-refractivity contribution in [1.82, 2.24) is 4.98 Å². The minimum Gasteiger partial charge on any atom is -0.477 e. The largest absolute Gasteiger partial charge is 0.477 e. The van der Waals surface area contributed by atoms with E-state index in [0.29, 0.717) is 16.9 Å². The number of anilines is 1. The molecule has 0 fully saturated rings. The maximum Gasteiger partial charge on any atom is 0.346 e. The number of ether oxygens (including phenoxy) is 1. The molecule has 0 saturated carbocycles. The smallest absolute Gasteiger partial charge is 0.346 e. The van der Waals surface area contributed by atoms with Crippen LogP contribution in [0.4, 0.5) is 5.69 Å². The molecule has 1 amide bonds. The van der Waals surface area contributed by atoms with Crippen molar-refractivity contribution in [2.24, 2.45) is 0 Å². The van der Waals surface area contributed by atoms with Crippen molar-refractivity contribution < 1.29 is 19.4 Å². The number of aromatic carboxylic acids is 1. The van der Waals surface area contributed by atoms with Crippen LogP contribution in [0.15, 0.2) is 48.7 Å². The third-order valence-corrected chi connectivity index (χ3v) is 4.53. The fraction of sp³-hybridized carbons (Fsp3) is 0.0526. The van der Waals surface area contributed by atoms with Crippen molar-refractivity contribution in [1.29, 1.82) is 5.26 Å². The molecule has 134 valence electrons. The van der Waals surface area contributed by atoms with Crippen molar-refractivity contribution in [2.75, 3.05) is 5.32 Å². The summed E-state index contributed by atoms with van der Waals surface area (Å²) >= 11 is 0.903. The number of hydrogen-bond donors (Lipinski definition) is 2. The number of rotatable bonds is 5. The van der Waals surface area contributed by atoms with Crippen LogP contribution in [0.2, 0.25) is 0 Å². The molecular weight excluding hydrogens is 366 g/mol. The van der Waals surface area contributed by atoms with Crippen LogP contribution in [0.25, 0.3) is 0 Å². The monoisotopic (exact) mass is 379 g/mol. The zero-order valence-corrected chi connectivity index (χ0v) is 14.9.